The number of carbonyl (C=O) groups is 1. The lowest BCUT2D eigenvalue weighted by atomic mass is 10.0. The van der Waals surface area contributed by atoms with E-state index in [9.17, 15) is 9.90 Å². The Kier molecular flexibility index (Phi) is 3.48. The molecule has 1 fully saturated rings. The topological polar surface area (TPSA) is 62.7 Å². The highest BCUT2D eigenvalue weighted by molar-refractivity contribution is 5.93. The Morgan fingerprint density at radius 1 is 1.24 bits per heavy atom. The molecule has 0 bridgehead atoms. The summed E-state index contributed by atoms with van der Waals surface area (Å²) in [5.74, 6) is -0.199. The van der Waals surface area contributed by atoms with Crippen LogP contribution in [0.1, 0.15) is 16.9 Å². The maximum Gasteiger partial charge on any atom is 0.356 e. The predicted molar refractivity (Wildman–Crippen MR) is 80.0 cm³/mol. The molecule has 1 aromatic heterocycles. The van der Waals surface area contributed by atoms with Gasteiger partial charge in [0.2, 0.25) is 0 Å². The number of methoxy groups -OCH3 is 1. The lowest BCUT2D eigenvalue weighted by molar-refractivity contribution is 0.0691. The first-order valence-corrected chi connectivity index (χ1v) is 6.82. The molecule has 1 aliphatic heterocycles. The minimum Gasteiger partial charge on any atom is -0.497 e. The lowest BCUT2D eigenvalue weighted by Gasteiger charge is -2.34. The third-order valence-corrected chi connectivity index (χ3v) is 3.69. The molecule has 21 heavy (non-hydrogen) atoms. The Hall–Kier alpha value is -2.56. The summed E-state index contributed by atoms with van der Waals surface area (Å²) < 4.78 is 5.14. The lowest BCUT2D eigenvalue weighted by Crippen LogP contribution is -2.38. The van der Waals surface area contributed by atoms with Gasteiger partial charge in [0.15, 0.2) is 5.69 Å². The van der Waals surface area contributed by atoms with Crippen LogP contribution < -0.4 is 9.64 Å². The molecule has 0 amide bonds. The normalized spacial score (nSPS) is 13.7. The molecule has 1 N–H and O–H groups in total. The van der Waals surface area contributed by atoms with E-state index in [1.807, 2.05) is 35.2 Å². The zero-order valence-corrected chi connectivity index (χ0v) is 11.7. The summed E-state index contributed by atoms with van der Waals surface area (Å²) >= 11 is 0. The van der Waals surface area contributed by atoms with Crippen molar-refractivity contribution in [3.8, 4) is 16.9 Å². The zero-order chi connectivity index (χ0) is 14.8. The molecule has 2 heterocycles. The van der Waals surface area contributed by atoms with Gasteiger partial charge in [0.1, 0.15) is 5.75 Å². The van der Waals surface area contributed by atoms with E-state index in [0.717, 1.165) is 36.4 Å². The molecule has 0 radical (unpaired) electrons. The van der Waals surface area contributed by atoms with Gasteiger partial charge in [-0.1, -0.05) is 12.1 Å². The molecule has 0 atom stereocenters. The second-order valence-electron chi connectivity index (χ2n) is 4.97. The fraction of sp³-hybridized carbons (Fsp3) is 0.250. The summed E-state index contributed by atoms with van der Waals surface area (Å²) in [6.07, 6.45) is 2.69. The first-order chi connectivity index (χ1) is 10.2. The molecule has 3 rings (SSSR count). The van der Waals surface area contributed by atoms with Crippen LogP contribution in [0, 0.1) is 0 Å². The summed E-state index contributed by atoms with van der Waals surface area (Å²) in [7, 11) is 1.63. The molecule has 1 aromatic carbocycles. The Bertz CT molecular complexity index is 664. The summed E-state index contributed by atoms with van der Waals surface area (Å²) in [4.78, 5) is 17.5. The Morgan fingerprint density at radius 3 is 2.48 bits per heavy atom. The van der Waals surface area contributed by atoms with Crippen molar-refractivity contribution >= 4 is 11.7 Å². The minimum absolute atomic E-state index is 0.118. The van der Waals surface area contributed by atoms with Crippen molar-refractivity contribution in [1.29, 1.82) is 0 Å². The van der Waals surface area contributed by atoms with Gasteiger partial charge in [-0.3, -0.25) is 0 Å². The van der Waals surface area contributed by atoms with E-state index >= 15 is 0 Å². The van der Waals surface area contributed by atoms with Gasteiger partial charge in [-0.25, -0.2) is 9.78 Å². The van der Waals surface area contributed by atoms with Gasteiger partial charge >= 0.3 is 5.97 Å². The quantitative estimate of drug-likeness (QED) is 0.935. The van der Waals surface area contributed by atoms with Crippen LogP contribution in [0.3, 0.4) is 0 Å². The molecule has 2 aromatic rings. The van der Waals surface area contributed by atoms with Gasteiger partial charge in [0, 0.05) is 24.8 Å². The standard InChI is InChI=1S/C16H16N2O3/c1-21-13-5-3-11(4-6-13)12-9-14(18-7-2-8-18)15(16(19)20)17-10-12/h3-6,9-10H,2,7-8H2,1H3,(H,19,20). The van der Waals surface area contributed by atoms with Crippen LogP contribution in [0.2, 0.25) is 0 Å². The first-order valence-electron chi connectivity index (χ1n) is 6.82. The monoisotopic (exact) mass is 284 g/mol. The third-order valence-electron chi connectivity index (χ3n) is 3.69. The van der Waals surface area contributed by atoms with Crippen molar-refractivity contribution in [3.63, 3.8) is 0 Å². The van der Waals surface area contributed by atoms with Crippen LogP contribution in [-0.4, -0.2) is 36.3 Å². The number of hydrogen-bond donors (Lipinski definition) is 1. The zero-order valence-electron chi connectivity index (χ0n) is 11.7. The van der Waals surface area contributed by atoms with Crippen molar-refractivity contribution in [2.45, 2.75) is 6.42 Å². The summed E-state index contributed by atoms with van der Waals surface area (Å²) in [6, 6.07) is 9.54. The molecular weight excluding hydrogens is 268 g/mol. The smallest absolute Gasteiger partial charge is 0.356 e. The maximum absolute atomic E-state index is 11.3. The van der Waals surface area contributed by atoms with Gasteiger partial charge in [-0.2, -0.15) is 0 Å². The SMILES string of the molecule is COc1ccc(-c2cnc(C(=O)O)c(N3CCC3)c2)cc1. The predicted octanol–water partition coefficient (Wildman–Crippen LogP) is 2.67. The molecule has 0 unspecified atom stereocenters. The molecule has 5 heteroatoms. The van der Waals surface area contributed by atoms with Crippen molar-refractivity contribution in [2.24, 2.45) is 0 Å². The van der Waals surface area contributed by atoms with Gasteiger partial charge < -0.3 is 14.7 Å². The first kappa shape index (κ1) is 13.4. The van der Waals surface area contributed by atoms with Gasteiger partial charge in [0.25, 0.3) is 0 Å². The van der Waals surface area contributed by atoms with Crippen LogP contribution in [0.4, 0.5) is 5.69 Å². The molecule has 1 saturated heterocycles. The van der Waals surface area contributed by atoms with E-state index in [1.165, 1.54) is 0 Å². The number of nitrogens with zero attached hydrogens (tertiary/aromatic N) is 2. The number of ether oxygens (including phenoxy) is 1. The Labute approximate surface area is 122 Å². The largest absolute Gasteiger partial charge is 0.497 e. The van der Waals surface area contributed by atoms with Crippen molar-refractivity contribution in [1.82, 2.24) is 4.98 Å². The Balaban J connectivity index is 2.00. The fourth-order valence-corrected chi connectivity index (χ4v) is 2.36. The second-order valence-corrected chi connectivity index (χ2v) is 4.97. The van der Waals surface area contributed by atoms with Crippen molar-refractivity contribution < 1.29 is 14.6 Å². The number of aromatic carboxylic acids is 1. The Morgan fingerprint density at radius 2 is 1.95 bits per heavy atom. The van der Waals surface area contributed by atoms with Crippen LogP contribution in [0.15, 0.2) is 36.5 Å². The van der Waals surface area contributed by atoms with Gasteiger partial charge in [0.05, 0.1) is 12.8 Å². The third kappa shape index (κ3) is 2.54. The van der Waals surface area contributed by atoms with Crippen LogP contribution in [-0.2, 0) is 0 Å². The van der Waals surface area contributed by atoms with E-state index in [-0.39, 0.29) is 5.69 Å². The number of benzene rings is 1. The molecule has 0 saturated carbocycles. The number of rotatable bonds is 4. The highest BCUT2D eigenvalue weighted by Gasteiger charge is 2.22. The van der Waals surface area contributed by atoms with E-state index < -0.39 is 5.97 Å². The number of hydrogen-bond acceptors (Lipinski definition) is 4. The van der Waals surface area contributed by atoms with Crippen LogP contribution in [0.25, 0.3) is 11.1 Å². The molecule has 108 valence electrons. The second kappa shape index (κ2) is 5.44. The summed E-state index contributed by atoms with van der Waals surface area (Å²) in [5, 5.41) is 9.26. The highest BCUT2D eigenvalue weighted by Crippen LogP contribution is 2.30. The van der Waals surface area contributed by atoms with Crippen LogP contribution in [0.5, 0.6) is 5.75 Å². The number of carboxylic acids is 1. The number of anilines is 1. The average molecular weight is 284 g/mol. The number of pyridine rings is 1. The molecular formula is C16H16N2O3. The number of carboxylic acid groups (broad SMARTS) is 1. The number of aromatic nitrogens is 1. The van der Waals surface area contributed by atoms with E-state index in [0.29, 0.717) is 5.69 Å². The van der Waals surface area contributed by atoms with E-state index in [1.54, 1.807) is 13.3 Å². The fourth-order valence-electron chi connectivity index (χ4n) is 2.36. The molecule has 1 aliphatic rings. The van der Waals surface area contributed by atoms with Gasteiger partial charge in [-0.05, 0) is 30.2 Å². The summed E-state index contributed by atoms with van der Waals surface area (Å²) in [5.41, 5.74) is 2.71. The van der Waals surface area contributed by atoms with Crippen molar-refractivity contribution in [3.05, 3.63) is 42.2 Å². The highest BCUT2D eigenvalue weighted by atomic mass is 16.5. The minimum atomic E-state index is -0.988. The van der Waals surface area contributed by atoms with Crippen molar-refractivity contribution in [2.75, 3.05) is 25.1 Å². The molecule has 0 spiro atoms. The van der Waals surface area contributed by atoms with Gasteiger partial charge in [-0.15, -0.1) is 0 Å². The van der Waals surface area contributed by atoms with Crippen LogP contribution >= 0.6 is 0 Å². The van der Waals surface area contributed by atoms with E-state index in [4.69, 9.17) is 4.74 Å². The average Bonchev–Trinajstić information content (AvgIpc) is 2.45. The molecule has 5 nitrogen and oxygen atoms in total. The van der Waals surface area contributed by atoms with E-state index in [2.05, 4.69) is 4.98 Å². The molecule has 0 aliphatic carbocycles. The summed E-state index contributed by atoms with van der Waals surface area (Å²) in [6.45, 7) is 1.77. The maximum atomic E-state index is 11.3.